The predicted octanol–water partition coefficient (Wildman–Crippen LogP) is -0.0563. The van der Waals surface area contributed by atoms with Crippen LogP contribution in [0.25, 0.3) is 0 Å². The molecule has 0 saturated carbocycles. The summed E-state index contributed by atoms with van der Waals surface area (Å²) in [5.41, 5.74) is 11.0. The second kappa shape index (κ2) is 4.26. The van der Waals surface area contributed by atoms with Crippen molar-refractivity contribution in [1.29, 1.82) is 0 Å². The van der Waals surface area contributed by atoms with Crippen molar-refractivity contribution in [3.63, 3.8) is 0 Å². The van der Waals surface area contributed by atoms with Crippen molar-refractivity contribution in [2.75, 3.05) is 0 Å². The average molecular weight is 265 g/mol. The van der Waals surface area contributed by atoms with Crippen molar-refractivity contribution in [3.05, 3.63) is 40.8 Å². The number of carbonyl (C=O) groups is 1. The molecular weight excluding hydrogens is 254 g/mol. The van der Waals surface area contributed by atoms with E-state index in [1.54, 1.807) is 12.1 Å². The first-order valence-electron chi connectivity index (χ1n) is 5.09. The minimum absolute atomic E-state index is 0.127. The van der Waals surface area contributed by atoms with Gasteiger partial charge >= 0.3 is 0 Å². The lowest BCUT2D eigenvalue weighted by molar-refractivity contribution is 0.100. The van der Waals surface area contributed by atoms with E-state index >= 15 is 0 Å². The maximum Gasteiger partial charge on any atom is 0.280 e. The molecule has 1 aromatic rings. The van der Waals surface area contributed by atoms with E-state index in [4.69, 9.17) is 11.5 Å². The van der Waals surface area contributed by atoms with Gasteiger partial charge in [0.2, 0.25) is 0 Å². The van der Waals surface area contributed by atoms with E-state index in [-0.39, 0.29) is 16.4 Å². The van der Waals surface area contributed by atoms with Gasteiger partial charge in [0, 0.05) is 11.0 Å². The Morgan fingerprint density at radius 2 is 2.00 bits per heavy atom. The van der Waals surface area contributed by atoms with E-state index in [1.807, 2.05) is 0 Å². The number of rotatable bonds is 1. The van der Waals surface area contributed by atoms with Crippen LogP contribution in [0.15, 0.2) is 39.6 Å². The number of guanidine groups is 1. The molecule has 1 heterocycles. The number of benzene rings is 1. The summed E-state index contributed by atoms with van der Waals surface area (Å²) in [6.45, 7) is 0. The molecule has 1 aliphatic heterocycles. The van der Waals surface area contributed by atoms with Crippen LogP contribution in [-0.4, -0.2) is 20.3 Å². The molecule has 0 aliphatic carbocycles. The van der Waals surface area contributed by atoms with Gasteiger partial charge in [0.1, 0.15) is 0 Å². The van der Waals surface area contributed by atoms with E-state index in [9.17, 15) is 13.2 Å². The molecule has 4 N–H and O–H groups in total. The van der Waals surface area contributed by atoms with Crippen LogP contribution in [0, 0.1) is 0 Å². The van der Waals surface area contributed by atoms with Crippen LogP contribution >= 0.6 is 0 Å². The Labute approximate surface area is 104 Å². The Morgan fingerprint density at radius 3 is 2.67 bits per heavy atom. The van der Waals surface area contributed by atoms with Gasteiger partial charge < -0.3 is 11.5 Å². The summed E-state index contributed by atoms with van der Waals surface area (Å²) in [5, 5.41) is 1.13. The highest BCUT2D eigenvalue weighted by molar-refractivity contribution is 7.94. The monoisotopic (exact) mass is 265 g/mol. The molecule has 7 heteroatoms. The molecule has 0 radical (unpaired) electrons. The van der Waals surface area contributed by atoms with Gasteiger partial charge in [0.25, 0.3) is 5.91 Å². The highest BCUT2D eigenvalue weighted by Crippen LogP contribution is 2.25. The highest BCUT2D eigenvalue weighted by Gasteiger charge is 2.20. The first kappa shape index (κ1) is 12.3. The lowest BCUT2D eigenvalue weighted by Crippen LogP contribution is -2.24. The molecule has 0 bridgehead atoms. The van der Waals surface area contributed by atoms with Crippen LogP contribution in [0.1, 0.15) is 15.9 Å². The van der Waals surface area contributed by atoms with E-state index < -0.39 is 15.7 Å². The Kier molecular flexibility index (Phi) is 2.92. The van der Waals surface area contributed by atoms with E-state index in [1.165, 1.54) is 12.1 Å². The fourth-order valence-corrected chi connectivity index (χ4v) is 2.98. The normalized spacial score (nSPS) is 15.8. The SMILES string of the molecule is NC(N)=NC(=O)c1ccc2c(c1)S(=O)(=O)C=CC2. The number of amides is 1. The van der Waals surface area contributed by atoms with E-state index in [2.05, 4.69) is 4.99 Å². The Hall–Kier alpha value is -2.15. The van der Waals surface area contributed by atoms with Crippen molar-refractivity contribution in [2.24, 2.45) is 16.5 Å². The van der Waals surface area contributed by atoms with Gasteiger partial charge in [0.05, 0.1) is 4.90 Å². The summed E-state index contributed by atoms with van der Waals surface area (Å²) < 4.78 is 23.6. The molecular formula is C11H11N3O3S. The second-order valence-electron chi connectivity index (χ2n) is 3.79. The number of aliphatic imine (C=N–C) groups is 1. The third kappa shape index (κ3) is 2.25. The topological polar surface area (TPSA) is 116 Å². The maximum absolute atomic E-state index is 11.8. The van der Waals surface area contributed by atoms with Gasteiger partial charge in [-0.25, -0.2) is 8.42 Å². The van der Waals surface area contributed by atoms with Gasteiger partial charge in [-0.2, -0.15) is 4.99 Å². The van der Waals surface area contributed by atoms with Crippen molar-refractivity contribution < 1.29 is 13.2 Å². The Morgan fingerprint density at radius 1 is 1.28 bits per heavy atom. The number of allylic oxidation sites excluding steroid dienone is 1. The molecule has 6 nitrogen and oxygen atoms in total. The number of nitrogens with zero attached hydrogens (tertiary/aromatic N) is 1. The zero-order valence-electron chi connectivity index (χ0n) is 9.33. The molecule has 0 aromatic heterocycles. The summed E-state index contributed by atoms with van der Waals surface area (Å²) in [5.74, 6) is -1.02. The first-order valence-corrected chi connectivity index (χ1v) is 6.63. The lowest BCUT2D eigenvalue weighted by Gasteiger charge is -2.11. The van der Waals surface area contributed by atoms with Crippen molar-refractivity contribution >= 4 is 21.7 Å². The van der Waals surface area contributed by atoms with E-state index in [0.717, 1.165) is 5.41 Å². The average Bonchev–Trinajstić information content (AvgIpc) is 2.27. The third-order valence-corrected chi connectivity index (χ3v) is 4.01. The van der Waals surface area contributed by atoms with Crippen LogP contribution in [0.3, 0.4) is 0 Å². The predicted molar refractivity (Wildman–Crippen MR) is 66.6 cm³/mol. The number of hydrogen-bond donors (Lipinski definition) is 2. The zero-order valence-corrected chi connectivity index (χ0v) is 10.1. The lowest BCUT2D eigenvalue weighted by atomic mass is 10.1. The smallest absolute Gasteiger partial charge is 0.280 e. The molecule has 18 heavy (non-hydrogen) atoms. The van der Waals surface area contributed by atoms with E-state index in [0.29, 0.717) is 12.0 Å². The van der Waals surface area contributed by atoms with Gasteiger partial charge in [0.15, 0.2) is 15.8 Å². The van der Waals surface area contributed by atoms with Crippen LogP contribution < -0.4 is 11.5 Å². The fraction of sp³-hybridized carbons (Fsp3) is 0.0909. The summed E-state index contributed by atoms with van der Waals surface area (Å²) in [6, 6.07) is 4.39. The quantitative estimate of drug-likeness (QED) is 0.545. The standard InChI is InChI=1S/C11H11N3O3S/c12-11(13)14-10(15)8-4-3-7-2-1-5-18(16,17)9(7)6-8/h1,3-6H,2H2,(H4,12,13,14,15). The minimum Gasteiger partial charge on any atom is -0.370 e. The molecule has 1 amide bonds. The first-order chi connectivity index (χ1) is 8.40. The maximum atomic E-state index is 11.8. The molecule has 0 saturated heterocycles. The number of carbonyl (C=O) groups excluding carboxylic acids is 1. The minimum atomic E-state index is -3.47. The van der Waals surface area contributed by atoms with Crippen LogP contribution in [0.5, 0.6) is 0 Å². The zero-order chi connectivity index (χ0) is 13.3. The summed E-state index contributed by atoms with van der Waals surface area (Å²) >= 11 is 0. The van der Waals surface area contributed by atoms with Crippen molar-refractivity contribution in [1.82, 2.24) is 0 Å². The fourth-order valence-electron chi connectivity index (χ4n) is 1.68. The number of sulfone groups is 1. The Bertz CT molecular complexity index is 671. The summed E-state index contributed by atoms with van der Waals surface area (Å²) in [7, 11) is -3.47. The van der Waals surface area contributed by atoms with Gasteiger partial charge in [-0.1, -0.05) is 12.1 Å². The summed E-state index contributed by atoms with van der Waals surface area (Å²) in [4.78, 5) is 15.1. The highest BCUT2D eigenvalue weighted by atomic mass is 32.2. The molecule has 0 spiro atoms. The van der Waals surface area contributed by atoms with Crippen LogP contribution in [0.4, 0.5) is 0 Å². The van der Waals surface area contributed by atoms with Crippen LogP contribution in [-0.2, 0) is 16.3 Å². The molecule has 2 rings (SSSR count). The van der Waals surface area contributed by atoms with Crippen LogP contribution in [0.2, 0.25) is 0 Å². The second-order valence-corrected chi connectivity index (χ2v) is 5.59. The van der Waals surface area contributed by atoms with Crippen molar-refractivity contribution in [3.8, 4) is 0 Å². The van der Waals surface area contributed by atoms with Gasteiger partial charge in [-0.05, 0) is 24.1 Å². The number of nitrogens with two attached hydrogens (primary N) is 2. The molecule has 1 aromatic carbocycles. The largest absolute Gasteiger partial charge is 0.370 e. The van der Waals surface area contributed by atoms with Gasteiger partial charge in [-0.15, -0.1) is 0 Å². The Balaban J connectivity index is 2.52. The molecule has 94 valence electrons. The molecule has 1 aliphatic rings. The molecule has 0 atom stereocenters. The molecule has 0 fully saturated rings. The number of fused-ring (bicyclic) bond motifs is 1. The van der Waals surface area contributed by atoms with Gasteiger partial charge in [-0.3, -0.25) is 4.79 Å². The third-order valence-electron chi connectivity index (χ3n) is 2.46. The number of hydrogen-bond acceptors (Lipinski definition) is 3. The molecule has 0 unspecified atom stereocenters. The summed E-state index contributed by atoms with van der Waals surface area (Å²) in [6.07, 6.45) is 2.08. The van der Waals surface area contributed by atoms with Crippen molar-refractivity contribution in [2.45, 2.75) is 11.3 Å².